The smallest absolute Gasteiger partial charge is 0.306 e. The predicted molar refractivity (Wildman–Crippen MR) is 66.3 cm³/mol. The maximum atomic E-state index is 10.9. The normalized spacial score (nSPS) is 25.8. The van der Waals surface area contributed by atoms with Gasteiger partial charge in [0.15, 0.2) is 0 Å². The minimum Gasteiger partial charge on any atom is -0.481 e. The van der Waals surface area contributed by atoms with E-state index in [0.717, 1.165) is 12.8 Å². The van der Waals surface area contributed by atoms with Crippen LogP contribution in [0.2, 0.25) is 0 Å². The number of carbonyl (C=O) groups is 1. The Balaban J connectivity index is 2.51. The third-order valence-corrected chi connectivity index (χ3v) is 3.13. The summed E-state index contributed by atoms with van der Waals surface area (Å²) in [4.78, 5) is 10.9. The first-order chi connectivity index (χ1) is 7.63. The second-order valence-electron chi connectivity index (χ2n) is 4.72. The Morgan fingerprint density at radius 2 is 2.31 bits per heavy atom. The zero-order valence-corrected chi connectivity index (χ0v) is 10.3. The molecule has 1 rings (SSSR count). The fourth-order valence-electron chi connectivity index (χ4n) is 2.15. The maximum absolute atomic E-state index is 10.9. The van der Waals surface area contributed by atoms with Crippen LogP contribution in [0.15, 0.2) is 23.8 Å². The van der Waals surface area contributed by atoms with Crippen LogP contribution in [0.5, 0.6) is 0 Å². The molecule has 0 heterocycles. The average molecular weight is 222 g/mol. The summed E-state index contributed by atoms with van der Waals surface area (Å²) in [6.45, 7) is 4.34. The SMILES string of the molecule is CCCC/C(C)=C/[C@@H]1C=CC[C@@H](C(=O)O)C1. The topological polar surface area (TPSA) is 37.3 Å². The van der Waals surface area contributed by atoms with E-state index < -0.39 is 5.97 Å². The van der Waals surface area contributed by atoms with E-state index in [1.54, 1.807) is 0 Å². The van der Waals surface area contributed by atoms with E-state index in [9.17, 15) is 4.79 Å². The first-order valence-electron chi connectivity index (χ1n) is 6.20. The summed E-state index contributed by atoms with van der Waals surface area (Å²) in [5.41, 5.74) is 1.39. The van der Waals surface area contributed by atoms with Crippen LogP contribution in [0.4, 0.5) is 0 Å². The summed E-state index contributed by atoms with van der Waals surface area (Å²) >= 11 is 0. The summed E-state index contributed by atoms with van der Waals surface area (Å²) in [6, 6.07) is 0. The average Bonchev–Trinajstić information content (AvgIpc) is 2.26. The molecular formula is C14H22O2. The molecule has 90 valence electrons. The summed E-state index contributed by atoms with van der Waals surface area (Å²) < 4.78 is 0. The highest BCUT2D eigenvalue weighted by Crippen LogP contribution is 2.26. The molecule has 1 N–H and O–H groups in total. The van der Waals surface area contributed by atoms with Crippen molar-refractivity contribution in [1.29, 1.82) is 0 Å². The predicted octanol–water partition coefficient (Wildman–Crippen LogP) is 3.79. The molecule has 1 aliphatic rings. The maximum Gasteiger partial charge on any atom is 0.306 e. The zero-order chi connectivity index (χ0) is 12.0. The highest BCUT2D eigenvalue weighted by Gasteiger charge is 2.22. The van der Waals surface area contributed by atoms with Crippen LogP contribution in [0.1, 0.15) is 46.0 Å². The summed E-state index contributed by atoms with van der Waals surface area (Å²) in [6.07, 6.45) is 11.4. The van der Waals surface area contributed by atoms with Crippen LogP contribution >= 0.6 is 0 Å². The van der Waals surface area contributed by atoms with Crippen molar-refractivity contribution >= 4 is 5.97 Å². The Morgan fingerprint density at radius 3 is 2.94 bits per heavy atom. The summed E-state index contributed by atoms with van der Waals surface area (Å²) in [7, 11) is 0. The third-order valence-electron chi connectivity index (χ3n) is 3.13. The number of aliphatic carboxylic acids is 1. The Labute approximate surface area is 98.1 Å². The molecule has 0 saturated carbocycles. The van der Waals surface area contributed by atoms with Crippen LogP contribution in [0.25, 0.3) is 0 Å². The van der Waals surface area contributed by atoms with Crippen molar-refractivity contribution in [1.82, 2.24) is 0 Å². The number of allylic oxidation sites excluding steroid dienone is 4. The molecule has 2 nitrogen and oxygen atoms in total. The van der Waals surface area contributed by atoms with Gasteiger partial charge in [0.25, 0.3) is 0 Å². The van der Waals surface area contributed by atoms with E-state index in [1.165, 1.54) is 18.4 Å². The fraction of sp³-hybridized carbons (Fsp3) is 0.643. The first-order valence-corrected chi connectivity index (χ1v) is 6.20. The second kappa shape index (κ2) is 6.51. The van der Waals surface area contributed by atoms with Crippen LogP contribution in [-0.4, -0.2) is 11.1 Å². The molecule has 0 saturated heterocycles. The fourth-order valence-corrected chi connectivity index (χ4v) is 2.15. The zero-order valence-electron chi connectivity index (χ0n) is 10.3. The van der Waals surface area contributed by atoms with Crippen LogP contribution < -0.4 is 0 Å². The molecule has 1 aliphatic carbocycles. The number of rotatable bonds is 5. The molecule has 0 amide bonds. The van der Waals surface area contributed by atoms with Gasteiger partial charge < -0.3 is 5.11 Å². The van der Waals surface area contributed by atoms with Crippen molar-refractivity contribution in [3.63, 3.8) is 0 Å². The van der Waals surface area contributed by atoms with Crippen molar-refractivity contribution in [2.45, 2.75) is 46.0 Å². The lowest BCUT2D eigenvalue weighted by Crippen LogP contribution is -2.18. The van der Waals surface area contributed by atoms with Crippen LogP contribution in [0, 0.1) is 11.8 Å². The monoisotopic (exact) mass is 222 g/mol. The van der Waals surface area contributed by atoms with E-state index in [-0.39, 0.29) is 5.92 Å². The van der Waals surface area contributed by atoms with Crippen molar-refractivity contribution in [2.75, 3.05) is 0 Å². The number of unbranched alkanes of at least 4 members (excludes halogenated alkanes) is 1. The Hall–Kier alpha value is -1.05. The summed E-state index contributed by atoms with van der Waals surface area (Å²) in [5.74, 6) is -0.522. The molecule has 0 radical (unpaired) electrons. The van der Waals surface area contributed by atoms with Gasteiger partial charge in [-0.3, -0.25) is 4.79 Å². The van der Waals surface area contributed by atoms with Gasteiger partial charge in [-0.15, -0.1) is 0 Å². The highest BCUT2D eigenvalue weighted by molar-refractivity contribution is 5.70. The van der Waals surface area contributed by atoms with E-state index in [2.05, 4.69) is 26.0 Å². The molecule has 0 aromatic rings. The van der Waals surface area contributed by atoms with E-state index >= 15 is 0 Å². The third kappa shape index (κ3) is 4.21. The van der Waals surface area contributed by atoms with E-state index in [1.807, 2.05) is 6.08 Å². The van der Waals surface area contributed by atoms with Gasteiger partial charge in [-0.25, -0.2) is 0 Å². The standard InChI is InChI=1S/C14H22O2/c1-3-4-6-11(2)9-12-7-5-8-13(10-12)14(15)16/h5,7,9,12-13H,3-4,6,8,10H2,1-2H3,(H,15,16)/b11-9+/t12-,13+/m0/s1. The van der Waals surface area contributed by atoms with E-state index in [4.69, 9.17) is 5.11 Å². The second-order valence-corrected chi connectivity index (χ2v) is 4.72. The molecule has 0 aromatic heterocycles. The van der Waals surface area contributed by atoms with E-state index in [0.29, 0.717) is 12.3 Å². The first kappa shape index (κ1) is 13.0. The Bertz CT molecular complexity index is 289. The van der Waals surface area contributed by atoms with Crippen molar-refractivity contribution < 1.29 is 9.90 Å². The van der Waals surface area contributed by atoms with Crippen molar-refractivity contribution in [3.05, 3.63) is 23.8 Å². The quantitative estimate of drug-likeness (QED) is 0.718. The van der Waals surface area contributed by atoms with Gasteiger partial charge in [0.2, 0.25) is 0 Å². The lowest BCUT2D eigenvalue weighted by atomic mass is 9.85. The van der Waals surface area contributed by atoms with Gasteiger partial charge in [-0.1, -0.05) is 37.1 Å². The molecule has 0 spiro atoms. The van der Waals surface area contributed by atoms with Gasteiger partial charge in [-0.2, -0.15) is 0 Å². The molecule has 16 heavy (non-hydrogen) atoms. The highest BCUT2D eigenvalue weighted by atomic mass is 16.4. The largest absolute Gasteiger partial charge is 0.481 e. The molecule has 2 atom stereocenters. The summed E-state index contributed by atoms with van der Waals surface area (Å²) in [5, 5.41) is 8.98. The van der Waals surface area contributed by atoms with Crippen molar-refractivity contribution in [3.8, 4) is 0 Å². The number of carboxylic acid groups (broad SMARTS) is 1. The van der Waals surface area contributed by atoms with Crippen molar-refractivity contribution in [2.24, 2.45) is 11.8 Å². The molecule has 0 fully saturated rings. The molecule has 0 bridgehead atoms. The molecule has 0 unspecified atom stereocenters. The van der Waals surface area contributed by atoms with Gasteiger partial charge in [-0.05, 0) is 38.5 Å². The van der Waals surface area contributed by atoms with Gasteiger partial charge in [0, 0.05) is 0 Å². The Morgan fingerprint density at radius 1 is 1.56 bits per heavy atom. The molecule has 0 aromatic carbocycles. The van der Waals surface area contributed by atoms with Crippen LogP contribution in [0.3, 0.4) is 0 Å². The number of carboxylic acids is 1. The van der Waals surface area contributed by atoms with Crippen LogP contribution in [-0.2, 0) is 4.79 Å². The van der Waals surface area contributed by atoms with Gasteiger partial charge in [0.05, 0.1) is 5.92 Å². The Kier molecular flexibility index (Phi) is 5.30. The lowest BCUT2D eigenvalue weighted by molar-refractivity contribution is -0.142. The lowest BCUT2D eigenvalue weighted by Gasteiger charge is -2.19. The van der Waals surface area contributed by atoms with Gasteiger partial charge >= 0.3 is 5.97 Å². The minimum atomic E-state index is -0.658. The number of hydrogen-bond acceptors (Lipinski definition) is 1. The minimum absolute atomic E-state index is 0.190. The number of hydrogen-bond donors (Lipinski definition) is 1. The van der Waals surface area contributed by atoms with Gasteiger partial charge in [0.1, 0.15) is 0 Å². The molecular weight excluding hydrogens is 200 g/mol. The molecule has 2 heteroatoms. The molecule has 0 aliphatic heterocycles.